The van der Waals surface area contributed by atoms with Gasteiger partial charge in [0.1, 0.15) is 5.75 Å². The maximum atomic E-state index is 11.9. The van der Waals surface area contributed by atoms with Crippen LogP contribution in [-0.2, 0) is 0 Å². The lowest BCUT2D eigenvalue weighted by Gasteiger charge is -2.29. The lowest BCUT2D eigenvalue weighted by Crippen LogP contribution is -2.39. The summed E-state index contributed by atoms with van der Waals surface area (Å²) in [5.74, 6) is -0.342. The van der Waals surface area contributed by atoms with Crippen molar-refractivity contribution in [2.75, 3.05) is 13.2 Å². The number of phenolic OH excluding ortho intramolecular Hbond substituents is 1. The number of amides is 1. The molecule has 18 heavy (non-hydrogen) atoms. The van der Waals surface area contributed by atoms with Crippen LogP contribution in [0.1, 0.15) is 37.0 Å². The molecule has 1 aromatic carbocycles. The second-order valence-corrected chi connectivity index (χ2v) is 4.57. The van der Waals surface area contributed by atoms with Crippen LogP contribution in [0.3, 0.4) is 0 Å². The largest absolute Gasteiger partial charge is 0.507 e. The zero-order chi connectivity index (χ0) is 13.6. The number of rotatable bonds is 6. The monoisotopic (exact) mass is 251 g/mol. The molecular formula is C14H21NO3. The second kappa shape index (κ2) is 6.40. The van der Waals surface area contributed by atoms with Crippen molar-refractivity contribution < 1.29 is 15.0 Å². The van der Waals surface area contributed by atoms with E-state index in [9.17, 15) is 15.0 Å². The Morgan fingerprint density at radius 2 is 1.89 bits per heavy atom. The first kappa shape index (κ1) is 14.5. The molecule has 100 valence electrons. The molecule has 1 aromatic rings. The Morgan fingerprint density at radius 3 is 2.39 bits per heavy atom. The Bertz CT molecular complexity index is 392. The number of nitrogens with one attached hydrogen (secondary N) is 1. The first-order chi connectivity index (χ1) is 8.58. The van der Waals surface area contributed by atoms with Gasteiger partial charge in [-0.1, -0.05) is 26.0 Å². The molecule has 0 unspecified atom stereocenters. The maximum Gasteiger partial charge on any atom is 0.255 e. The average molecular weight is 251 g/mol. The van der Waals surface area contributed by atoms with Gasteiger partial charge in [-0.2, -0.15) is 0 Å². The predicted octanol–water partition coefficient (Wildman–Crippen LogP) is 1.92. The molecule has 0 heterocycles. The molecule has 4 heteroatoms. The van der Waals surface area contributed by atoms with Crippen molar-refractivity contribution in [1.29, 1.82) is 0 Å². The minimum absolute atomic E-state index is 0.0300. The molecule has 1 amide bonds. The van der Waals surface area contributed by atoms with E-state index in [1.807, 2.05) is 13.8 Å². The number of phenols is 1. The minimum atomic E-state index is -0.312. The molecule has 0 aliphatic heterocycles. The Labute approximate surface area is 108 Å². The van der Waals surface area contributed by atoms with Gasteiger partial charge in [0.25, 0.3) is 5.91 Å². The number of aliphatic hydroxyl groups is 1. The van der Waals surface area contributed by atoms with E-state index in [0.717, 1.165) is 12.8 Å². The zero-order valence-electron chi connectivity index (χ0n) is 10.9. The van der Waals surface area contributed by atoms with Crippen LogP contribution in [0.2, 0.25) is 0 Å². The van der Waals surface area contributed by atoms with Crippen LogP contribution in [0.5, 0.6) is 5.75 Å². The average Bonchev–Trinajstić information content (AvgIpc) is 2.41. The smallest absolute Gasteiger partial charge is 0.255 e. The van der Waals surface area contributed by atoms with Crippen molar-refractivity contribution in [3.05, 3.63) is 29.8 Å². The molecule has 0 aromatic heterocycles. The Morgan fingerprint density at radius 1 is 1.28 bits per heavy atom. The number of carbonyl (C=O) groups is 1. The summed E-state index contributed by atoms with van der Waals surface area (Å²) in [6.45, 7) is 4.43. The summed E-state index contributed by atoms with van der Waals surface area (Å²) in [6.07, 6.45) is 1.59. The first-order valence-corrected chi connectivity index (χ1v) is 6.25. The lowest BCUT2D eigenvalue weighted by atomic mass is 9.83. The Hall–Kier alpha value is -1.55. The third-order valence-electron chi connectivity index (χ3n) is 3.61. The highest BCUT2D eigenvalue weighted by Crippen LogP contribution is 2.24. The highest BCUT2D eigenvalue weighted by Gasteiger charge is 2.26. The Kier molecular flexibility index (Phi) is 5.16. The molecule has 0 bridgehead atoms. The molecule has 0 radical (unpaired) electrons. The fraction of sp³-hybridized carbons (Fsp3) is 0.500. The SMILES string of the molecule is CCC(CC)(CO)CNC(=O)c1ccccc1O. The van der Waals surface area contributed by atoms with E-state index >= 15 is 0 Å². The van der Waals surface area contributed by atoms with Gasteiger partial charge in [0.2, 0.25) is 0 Å². The summed E-state index contributed by atoms with van der Waals surface area (Å²) in [7, 11) is 0. The van der Waals surface area contributed by atoms with Crippen LogP contribution in [0, 0.1) is 5.41 Å². The van der Waals surface area contributed by atoms with Crippen LogP contribution in [0.15, 0.2) is 24.3 Å². The zero-order valence-corrected chi connectivity index (χ0v) is 10.9. The fourth-order valence-electron chi connectivity index (χ4n) is 1.81. The summed E-state index contributed by atoms with van der Waals surface area (Å²) in [6, 6.07) is 6.42. The predicted molar refractivity (Wildman–Crippen MR) is 70.5 cm³/mol. The van der Waals surface area contributed by atoms with Crippen molar-refractivity contribution in [2.24, 2.45) is 5.41 Å². The Balaban J connectivity index is 2.69. The summed E-state index contributed by atoms with van der Waals surface area (Å²) >= 11 is 0. The molecule has 0 spiro atoms. The van der Waals surface area contributed by atoms with Crippen molar-refractivity contribution in [3.8, 4) is 5.75 Å². The van der Waals surface area contributed by atoms with Gasteiger partial charge in [-0.3, -0.25) is 4.79 Å². The van der Waals surface area contributed by atoms with E-state index in [1.54, 1.807) is 18.2 Å². The normalized spacial score (nSPS) is 11.3. The highest BCUT2D eigenvalue weighted by molar-refractivity contribution is 5.96. The van der Waals surface area contributed by atoms with Gasteiger partial charge < -0.3 is 15.5 Å². The quantitative estimate of drug-likeness (QED) is 0.723. The highest BCUT2D eigenvalue weighted by atomic mass is 16.3. The van der Waals surface area contributed by atoms with Gasteiger partial charge in [0, 0.05) is 12.0 Å². The van der Waals surface area contributed by atoms with E-state index in [2.05, 4.69) is 5.32 Å². The van der Waals surface area contributed by atoms with E-state index in [1.165, 1.54) is 6.07 Å². The number of carbonyl (C=O) groups excluding carboxylic acids is 1. The van der Waals surface area contributed by atoms with Crippen LogP contribution >= 0.6 is 0 Å². The van der Waals surface area contributed by atoms with Crippen molar-refractivity contribution in [3.63, 3.8) is 0 Å². The van der Waals surface area contributed by atoms with Gasteiger partial charge in [0.15, 0.2) is 0 Å². The number of hydrogen-bond acceptors (Lipinski definition) is 3. The molecule has 0 aliphatic rings. The molecular weight excluding hydrogens is 230 g/mol. The number of aliphatic hydroxyl groups excluding tert-OH is 1. The summed E-state index contributed by atoms with van der Waals surface area (Å²) in [5.41, 5.74) is -0.0170. The summed E-state index contributed by atoms with van der Waals surface area (Å²) in [4.78, 5) is 11.9. The number of aromatic hydroxyl groups is 1. The molecule has 3 N–H and O–H groups in total. The number of hydrogen-bond donors (Lipinski definition) is 3. The molecule has 0 fully saturated rings. The van der Waals surface area contributed by atoms with Crippen LogP contribution in [-0.4, -0.2) is 29.3 Å². The standard InChI is InChI=1S/C14H21NO3/c1-3-14(4-2,10-16)9-15-13(18)11-7-5-6-8-12(11)17/h5-8,16-17H,3-4,9-10H2,1-2H3,(H,15,18). The van der Waals surface area contributed by atoms with Gasteiger partial charge in [0.05, 0.1) is 12.2 Å². The summed E-state index contributed by atoms with van der Waals surface area (Å²) < 4.78 is 0. The van der Waals surface area contributed by atoms with E-state index in [0.29, 0.717) is 6.54 Å². The van der Waals surface area contributed by atoms with E-state index in [4.69, 9.17) is 0 Å². The van der Waals surface area contributed by atoms with E-state index in [-0.39, 0.29) is 29.2 Å². The molecule has 4 nitrogen and oxygen atoms in total. The van der Waals surface area contributed by atoms with Gasteiger partial charge in [-0.05, 0) is 25.0 Å². The van der Waals surface area contributed by atoms with E-state index < -0.39 is 0 Å². The lowest BCUT2D eigenvalue weighted by molar-refractivity contribution is 0.0849. The van der Waals surface area contributed by atoms with Crippen molar-refractivity contribution >= 4 is 5.91 Å². The van der Waals surface area contributed by atoms with Gasteiger partial charge >= 0.3 is 0 Å². The van der Waals surface area contributed by atoms with Crippen LogP contribution in [0.4, 0.5) is 0 Å². The molecule has 0 aliphatic carbocycles. The molecule has 0 saturated heterocycles. The maximum absolute atomic E-state index is 11.9. The third kappa shape index (κ3) is 3.23. The topological polar surface area (TPSA) is 69.6 Å². The minimum Gasteiger partial charge on any atom is -0.507 e. The van der Waals surface area contributed by atoms with Crippen molar-refractivity contribution in [1.82, 2.24) is 5.32 Å². The second-order valence-electron chi connectivity index (χ2n) is 4.57. The van der Waals surface area contributed by atoms with Gasteiger partial charge in [-0.15, -0.1) is 0 Å². The third-order valence-corrected chi connectivity index (χ3v) is 3.61. The fourth-order valence-corrected chi connectivity index (χ4v) is 1.81. The summed E-state index contributed by atoms with van der Waals surface area (Å²) in [5, 5.41) is 21.8. The van der Waals surface area contributed by atoms with Crippen LogP contribution < -0.4 is 5.32 Å². The number of para-hydroxylation sites is 1. The molecule has 1 rings (SSSR count). The van der Waals surface area contributed by atoms with Crippen LogP contribution in [0.25, 0.3) is 0 Å². The van der Waals surface area contributed by atoms with Gasteiger partial charge in [-0.25, -0.2) is 0 Å². The molecule has 0 saturated carbocycles. The first-order valence-electron chi connectivity index (χ1n) is 6.25. The molecule has 0 atom stereocenters. The van der Waals surface area contributed by atoms with Crippen molar-refractivity contribution in [2.45, 2.75) is 26.7 Å². The number of benzene rings is 1.